The van der Waals surface area contributed by atoms with E-state index in [0.717, 1.165) is 0 Å². The van der Waals surface area contributed by atoms with Crippen molar-refractivity contribution in [3.63, 3.8) is 0 Å². The van der Waals surface area contributed by atoms with Gasteiger partial charge in [-0.25, -0.2) is 14.9 Å². The van der Waals surface area contributed by atoms with E-state index in [2.05, 4.69) is 15.4 Å². The van der Waals surface area contributed by atoms with Crippen LogP contribution in [0.2, 0.25) is 0 Å². The van der Waals surface area contributed by atoms with E-state index in [1.807, 2.05) is 0 Å². The Morgan fingerprint density at radius 2 is 2.21 bits per heavy atom. The first-order valence-corrected chi connectivity index (χ1v) is 5.34. The number of aromatic nitrogens is 2. The number of carbonyl (C=O) groups excluding carboxylic acids is 1. The first kappa shape index (κ1) is 12.8. The number of amides is 2. The van der Waals surface area contributed by atoms with Crippen LogP contribution in [0.3, 0.4) is 0 Å². The summed E-state index contributed by atoms with van der Waals surface area (Å²) in [5, 5.41) is 17.6. The van der Waals surface area contributed by atoms with Crippen molar-refractivity contribution in [1.29, 1.82) is 0 Å². The molecule has 8 heteroatoms. The van der Waals surface area contributed by atoms with Gasteiger partial charge in [-0.3, -0.25) is 4.68 Å². The summed E-state index contributed by atoms with van der Waals surface area (Å²) in [5.74, 6) is 0.372. The lowest BCUT2D eigenvalue weighted by atomic mass is 10.1. The molecule has 1 aliphatic rings. The van der Waals surface area contributed by atoms with Gasteiger partial charge >= 0.3 is 6.03 Å². The van der Waals surface area contributed by atoms with Crippen molar-refractivity contribution in [2.75, 3.05) is 5.73 Å². The smallest absolute Gasteiger partial charge is 0.316 e. The Balaban J connectivity index is 2.36. The van der Waals surface area contributed by atoms with E-state index < -0.39 is 6.03 Å². The fourth-order valence-corrected chi connectivity index (χ4v) is 1.50. The minimum Gasteiger partial charge on any atom is -0.382 e. The highest BCUT2D eigenvalue weighted by atomic mass is 16.3. The first-order valence-electron chi connectivity index (χ1n) is 5.34. The predicted molar refractivity (Wildman–Crippen MR) is 68.6 cm³/mol. The number of carbonyl (C=O) groups is 1. The fraction of sp³-hybridized carbons (Fsp3) is 0.0909. The molecule has 2 radical (unpaired) electrons. The molecule has 0 bridgehead atoms. The average molecular weight is 260 g/mol. The molecule has 2 rings (SSSR count). The molecule has 0 fully saturated rings. The van der Waals surface area contributed by atoms with E-state index in [1.165, 1.54) is 29.1 Å². The van der Waals surface area contributed by atoms with Crippen LogP contribution in [-0.4, -0.2) is 21.5 Å². The van der Waals surface area contributed by atoms with Crippen molar-refractivity contribution in [2.45, 2.75) is 0 Å². The van der Waals surface area contributed by atoms with Crippen LogP contribution in [-0.2, 0) is 12.2 Å². The van der Waals surface area contributed by atoms with Gasteiger partial charge in [-0.15, -0.1) is 0 Å². The van der Waals surface area contributed by atoms with Gasteiger partial charge in [-0.05, 0) is 18.2 Å². The zero-order valence-corrected chi connectivity index (χ0v) is 10.1. The Hall–Kier alpha value is -2.61. The van der Waals surface area contributed by atoms with Crippen LogP contribution < -0.4 is 16.8 Å². The number of urea groups is 1. The van der Waals surface area contributed by atoms with Gasteiger partial charge in [0.25, 0.3) is 0 Å². The van der Waals surface area contributed by atoms with E-state index in [1.54, 1.807) is 7.05 Å². The summed E-state index contributed by atoms with van der Waals surface area (Å²) in [6.07, 6.45) is 5.25. The van der Waals surface area contributed by atoms with Crippen molar-refractivity contribution < 1.29 is 9.90 Å². The molecule has 19 heavy (non-hydrogen) atoms. The Morgan fingerprint density at radius 3 is 2.79 bits per heavy atom. The van der Waals surface area contributed by atoms with Gasteiger partial charge < -0.3 is 16.8 Å². The van der Waals surface area contributed by atoms with Gasteiger partial charge in [0.15, 0.2) is 6.10 Å². The van der Waals surface area contributed by atoms with Gasteiger partial charge in [0.1, 0.15) is 11.5 Å². The minimum absolute atomic E-state index is 0.225. The number of aryl methyl sites for hydroxylation is 1. The number of anilines is 1. The lowest BCUT2D eigenvalue weighted by molar-refractivity contribution is 0.250. The maximum Gasteiger partial charge on any atom is 0.316 e. The summed E-state index contributed by atoms with van der Waals surface area (Å²) >= 11 is 0. The average Bonchev–Trinajstić information content (AvgIpc) is 2.64. The quantitative estimate of drug-likeness (QED) is 0.699. The number of aliphatic imine (C=N–C) groups is 1. The second-order valence-corrected chi connectivity index (χ2v) is 3.82. The highest BCUT2D eigenvalue weighted by molar-refractivity contribution is 6.12. The molecule has 2 amide bonds. The molecular weight excluding hydrogens is 248 g/mol. The van der Waals surface area contributed by atoms with Crippen molar-refractivity contribution >= 4 is 23.2 Å². The van der Waals surface area contributed by atoms with Crippen LogP contribution in [0.1, 0.15) is 0 Å². The maximum absolute atomic E-state index is 11.3. The Bertz CT molecular complexity index is 598. The minimum atomic E-state index is -0.777. The van der Waals surface area contributed by atoms with Crippen LogP contribution in [0.4, 0.5) is 16.3 Å². The largest absolute Gasteiger partial charge is 0.382 e. The molecule has 1 aromatic heterocycles. The van der Waals surface area contributed by atoms with Crippen molar-refractivity contribution in [3.8, 4) is 0 Å². The maximum atomic E-state index is 11.3. The Labute approximate surface area is 109 Å². The standard InChI is InChI=1S/C11H12N6O2/c1-17-10(12)9(5-14-17)15-7-3-2-6(18)4-8(7)16-11(13)19/h2-5H,12H2,1H3,(H3,13,16,19). The number of allylic oxidation sites excluding steroid dienone is 1. The Morgan fingerprint density at radius 1 is 1.47 bits per heavy atom. The molecule has 0 spiro atoms. The molecule has 0 saturated heterocycles. The van der Waals surface area contributed by atoms with Gasteiger partial charge in [-0.1, -0.05) is 0 Å². The second-order valence-electron chi connectivity index (χ2n) is 3.82. The molecule has 0 atom stereocenters. The number of hydrogen-bond donors (Lipinski definition) is 3. The monoisotopic (exact) mass is 260 g/mol. The van der Waals surface area contributed by atoms with Crippen LogP contribution in [0.5, 0.6) is 0 Å². The molecule has 0 unspecified atom stereocenters. The number of nitrogen functional groups attached to an aromatic ring is 1. The van der Waals surface area contributed by atoms with Crippen LogP contribution in [0, 0.1) is 6.10 Å². The van der Waals surface area contributed by atoms with E-state index in [-0.39, 0.29) is 11.8 Å². The number of primary amides is 1. The molecule has 1 aliphatic carbocycles. The summed E-state index contributed by atoms with van der Waals surface area (Å²) in [7, 11) is 1.68. The molecule has 0 aliphatic heterocycles. The van der Waals surface area contributed by atoms with Crippen molar-refractivity contribution in [2.24, 2.45) is 17.8 Å². The summed E-state index contributed by atoms with van der Waals surface area (Å²) in [4.78, 5) is 15.1. The topological polar surface area (TPSA) is 131 Å². The van der Waals surface area contributed by atoms with Crippen molar-refractivity contribution in [1.82, 2.24) is 15.1 Å². The van der Waals surface area contributed by atoms with E-state index in [0.29, 0.717) is 17.2 Å². The van der Waals surface area contributed by atoms with Gasteiger partial charge in [0.05, 0.1) is 17.6 Å². The number of nitrogens with zero attached hydrogens (tertiary/aromatic N) is 3. The fourth-order valence-electron chi connectivity index (χ4n) is 1.50. The number of nitrogens with one attached hydrogen (secondary N) is 1. The molecule has 0 aromatic carbocycles. The van der Waals surface area contributed by atoms with E-state index in [9.17, 15) is 9.90 Å². The summed E-state index contributed by atoms with van der Waals surface area (Å²) < 4.78 is 1.46. The highest BCUT2D eigenvalue weighted by Gasteiger charge is 2.16. The van der Waals surface area contributed by atoms with E-state index >= 15 is 0 Å². The van der Waals surface area contributed by atoms with E-state index in [4.69, 9.17) is 11.5 Å². The lowest BCUT2D eigenvalue weighted by Crippen LogP contribution is -2.32. The predicted octanol–water partition coefficient (Wildman–Crippen LogP) is 0.159. The first-order chi connectivity index (χ1) is 8.97. The second kappa shape index (κ2) is 4.94. The zero-order chi connectivity index (χ0) is 14.0. The van der Waals surface area contributed by atoms with Gasteiger partial charge in [0, 0.05) is 7.05 Å². The Kier molecular flexibility index (Phi) is 3.34. The molecule has 8 nitrogen and oxygen atoms in total. The van der Waals surface area contributed by atoms with Gasteiger partial charge in [-0.2, -0.15) is 5.10 Å². The van der Waals surface area contributed by atoms with Crippen LogP contribution in [0.15, 0.2) is 35.1 Å². The third-order valence-electron chi connectivity index (χ3n) is 2.43. The molecule has 0 saturated carbocycles. The van der Waals surface area contributed by atoms with Crippen LogP contribution in [0.25, 0.3) is 0 Å². The number of nitrogens with two attached hydrogens (primary N) is 2. The number of rotatable bonds is 2. The molecule has 1 aromatic rings. The lowest BCUT2D eigenvalue weighted by Gasteiger charge is -2.12. The SMILES string of the molecule is Cn1ncc(N=C2C=C[C]([O])C=C2NC(N)=O)c1N. The van der Waals surface area contributed by atoms with Gasteiger partial charge in [0.2, 0.25) is 0 Å². The molecule has 98 valence electrons. The third kappa shape index (κ3) is 2.80. The molecular formula is C11H12N6O2. The molecule has 1 heterocycles. The van der Waals surface area contributed by atoms with Crippen LogP contribution >= 0.6 is 0 Å². The molecule has 5 N–H and O–H groups in total. The number of hydrogen-bond acceptors (Lipinski definition) is 4. The third-order valence-corrected chi connectivity index (χ3v) is 2.43. The highest BCUT2D eigenvalue weighted by Crippen LogP contribution is 2.23. The summed E-state index contributed by atoms with van der Waals surface area (Å²) in [6.45, 7) is 0. The zero-order valence-electron chi connectivity index (χ0n) is 10.1. The summed E-state index contributed by atoms with van der Waals surface area (Å²) in [6, 6.07) is -0.777. The summed E-state index contributed by atoms with van der Waals surface area (Å²) in [5.41, 5.74) is 11.8. The normalized spacial score (nSPS) is 17.6. The van der Waals surface area contributed by atoms with Crippen molar-refractivity contribution in [3.05, 3.63) is 36.2 Å².